The molecule has 1 unspecified atom stereocenters. The van der Waals surface area contributed by atoms with E-state index in [0.717, 1.165) is 0 Å². The van der Waals surface area contributed by atoms with Gasteiger partial charge in [-0.15, -0.1) is 0 Å². The summed E-state index contributed by atoms with van der Waals surface area (Å²) in [5.74, 6) is 1.13. The number of carbonyl (C=O) groups is 1. The third-order valence-corrected chi connectivity index (χ3v) is 5.33. The summed E-state index contributed by atoms with van der Waals surface area (Å²) in [6.45, 7) is 0. The van der Waals surface area contributed by atoms with Gasteiger partial charge in [-0.05, 0) is 29.8 Å². The van der Waals surface area contributed by atoms with Gasteiger partial charge in [-0.3, -0.25) is 4.79 Å². The summed E-state index contributed by atoms with van der Waals surface area (Å²) in [5, 5.41) is 0. The minimum absolute atomic E-state index is 0. The molecule has 0 spiro atoms. The fourth-order valence-electron chi connectivity index (χ4n) is 2.98. The Hall–Kier alpha value is -2.48. The van der Waals surface area contributed by atoms with Gasteiger partial charge in [0.2, 0.25) is 0 Å². The number of phosphoric acid groups is 1. The van der Waals surface area contributed by atoms with Crippen molar-refractivity contribution in [2.45, 2.75) is 6.42 Å². The maximum absolute atomic E-state index is 12.9. The van der Waals surface area contributed by atoms with Crippen molar-refractivity contribution in [2.75, 3.05) is 21.3 Å². The normalized spacial score (nSPS) is 12.0. The van der Waals surface area contributed by atoms with Crippen LogP contribution < -0.4 is 57.7 Å². The van der Waals surface area contributed by atoms with Crippen LogP contribution in [0.15, 0.2) is 66.7 Å². The van der Waals surface area contributed by atoms with Crippen LogP contribution in [0.5, 0.6) is 28.7 Å². The van der Waals surface area contributed by atoms with Crippen LogP contribution in [0.25, 0.3) is 0 Å². The van der Waals surface area contributed by atoms with Crippen molar-refractivity contribution in [3.05, 3.63) is 77.9 Å². The van der Waals surface area contributed by atoms with Gasteiger partial charge in [0.1, 0.15) is 34.3 Å². The molecule has 168 valence electrons. The molecule has 0 saturated carbocycles. The number of ketones is 1. The van der Waals surface area contributed by atoms with Gasteiger partial charge in [-0.25, -0.2) is 4.57 Å². The predicted molar refractivity (Wildman–Crippen MR) is 116 cm³/mol. The van der Waals surface area contributed by atoms with Gasteiger partial charge in [0.25, 0.3) is 0 Å². The summed E-state index contributed by atoms with van der Waals surface area (Å²) in [7, 11) is -0.205. The molecule has 3 rings (SSSR count). The van der Waals surface area contributed by atoms with Crippen LogP contribution in [0, 0.1) is 0 Å². The van der Waals surface area contributed by atoms with Crippen molar-refractivity contribution in [3.8, 4) is 28.7 Å². The Morgan fingerprint density at radius 3 is 1.79 bits per heavy atom. The molecule has 0 aliphatic carbocycles. The molecular weight excluding hydrogens is 458 g/mol. The second-order valence-electron chi connectivity index (χ2n) is 6.59. The zero-order valence-electron chi connectivity index (χ0n) is 18.8. The molecule has 0 aromatic heterocycles. The van der Waals surface area contributed by atoms with Crippen LogP contribution >= 0.6 is 7.82 Å². The van der Waals surface area contributed by atoms with Gasteiger partial charge in [0.15, 0.2) is 5.78 Å². The fourth-order valence-corrected chi connectivity index (χ4v) is 3.78. The van der Waals surface area contributed by atoms with E-state index in [1.807, 2.05) is 0 Å². The van der Waals surface area contributed by atoms with Crippen LogP contribution in [-0.4, -0.2) is 27.1 Å². The smallest absolute Gasteiger partial charge is 0.736 e. The number of para-hydroxylation sites is 1. The Morgan fingerprint density at radius 1 is 0.788 bits per heavy atom. The van der Waals surface area contributed by atoms with E-state index in [1.165, 1.54) is 45.6 Å². The second-order valence-corrected chi connectivity index (χ2v) is 7.85. The molecule has 3 aromatic carbocycles. The number of phosphoric ester groups is 1. The number of Topliss-reactive ketones (excluding diaryl/α,β-unsaturated/α-hetero) is 1. The van der Waals surface area contributed by atoms with E-state index in [0.29, 0.717) is 22.8 Å². The molecular formula is C23H22NaO8P. The SMILES string of the molecule is COc1cc(OC)c(C(=O)Cc2ccc(OP(=O)([O-])Oc3ccccc3)cc2)c(OC)c1.[Na+]. The van der Waals surface area contributed by atoms with E-state index >= 15 is 0 Å². The molecule has 0 N–H and O–H groups in total. The minimum atomic E-state index is -4.62. The van der Waals surface area contributed by atoms with E-state index in [1.54, 1.807) is 42.5 Å². The molecule has 0 fully saturated rings. The quantitative estimate of drug-likeness (QED) is 0.241. The Balaban J connectivity index is 0.00000385. The number of hydrogen-bond donors (Lipinski definition) is 0. The molecule has 0 amide bonds. The average molecular weight is 480 g/mol. The molecule has 8 nitrogen and oxygen atoms in total. The number of methoxy groups -OCH3 is 3. The summed E-state index contributed by atoms with van der Waals surface area (Å²) < 4.78 is 37.9. The van der Waals surface area contributed by atoms with Crippen molar-refractivity contribution in [3.63, 3.8) is 0 Å². The van der Waals surface area contributed by atoms with E-state index in [-0.39, 0.29) is 58.8 Å². The molecule has 10 heteroatoms. The number of hydrogen-bond acceptors (Lipinski definition) is 8. The Labute approximate surface area is 214 Å². The molecule has 0 aliphatic rings. The van der Waals surface area contributed by atoms with Gasteiger partial charge in [-0.2, -0.15) is 0 Å². The average Bonchev–Trinajstić information content (AvgIpc) is 2.79. The molecule has 0 bridgehead atoms. The van der Waals surface area contributed by atoms with Crippen LogP contribution in [0.4, 0.5) is 0 Å². The third kappa shape index (κ3) is 7.25. The van der Waals surface area contributed by atoms with Crippen LogP contribution in [0.2, 0.25) is 0 Å². The van der Waals surface area contributed by atoms with Crippen molar-refractivity contribution in [1.82, 2.24) is 0 Å². The number of carbonyl (C=O) groups excluding carboxylic acids is 1. The first-order valence-electron chi connectivity index (χ1n) is 9.52. The molecule has 0 radical (unpaired) electrons. The van der Waals surface area contributed by atoms with Crippen molar-refractivity contribution < 1.29 is 67.1 Å². The summed E-state index contributed by atoms with van der Waals surface area (Å²) in [4.78, 5) is 25.0. The Bertz CT molecular complexity index is 1090. The molecule has 3 aromatic rings. The zero-order chi connectivity index (χ0) is 23.1. The first kappa shape index (κ1) is 26.8. The van der Waals surface area contributed by atoms with Crippen LogP contribution in [0.1, 0.15) is 15.9 Å². The van der Waals surface area contributed by atoms with E-state index in [2.05, 4.69) is 0 Å². The molecule has 1 atom stereocenters. The molecule has 0 saturated heterocycles. The maximum Gasteiger partial charge on any atom is 1.00 e. The fraction of sp³-hybridized carbons (Fsp3) is 0.174. The van der Waals surface area contributed by atoms with Crippen molar-refractivity contribution in [1.29, 1.82) is 0 Å². The maximum atomic E-state index is 12.9. The van der Waals surface area contributed by atoms with Gasteiger partial charge in [0.05, 0.1) is 21.3 Å². The Kier molecular flexibility index (Phi) is 9.83. The number of ether oxygens (including phenoxy) is 3. The van der Waals surface area contributed by atoms with Crippen LogP contribution in [0.3, 0.4) is 0 Å². The van der Waals surface area contributed by atoms with Crippen molar-refractivity contribution in [2.24, 2.45) is 0 Å². The monoisotopic (exact) mass is 480 g/mol. The topological polar surface area (TPSA) is 103 Å². The van der Waals surface area contributed by atoms with Gasteiger partial charge in [-0.1, -0.05) is 30.3 Å². The predicted octanol–water partition coefficient (Wildman–Crippen LogP) is 1.07. The first-order valence-corrected chi connectivity index (χ1v) is 11.0. The van der Waals surface area contributed by atoms with E-state index < -0.39 is 7.82 Å². The van der Waals surface area contributed by atoms with E-state index in [4.69, 9.17) is 23.3 Å². The molecule has 0 heterocycles. The largest absolute Gasteiger partial charge is 1.00 e. The van der Waals surface area contributed by atoms with Crippen molar-refractivity contribution >= 4 is 13.6 Å². The molecule has 33 heavy (non-hydrogen) atoms. The summed E-state index contributed by atoms with van der Waals surface area (Å²) >= 11 is 0. The summed E-state index contributed by atoms with van der Waals surface area (Å²) in [6, 6.07) is 17.3. The standard InChI is InChI=1S/C23H23O8P.Na/c1-27-19-14-21(28-2)23(22(15-19)29-3)20(24)13-16-9-11-18(12-10-16)31-32(25,26)30-17-7-5-4-6-8-17;/h4-12,14-15H,13H2,1-3H3,(H,25,26);/q;+1/p-1. The minimum Gasteiger partial charge on any atom is -0.736 e. The van der Waals surface area contributed by atoms with Gasteiger partial charge in [0, 0.05) is 18.6 Å². The van der Waals surface area contributed by atoms with E-state index in [9.17, 15) is 14.3 Å². The Morgan fingerprint density at radius 2 is 1.30 bits per heavy atom. The number of rotatable bonds is 10. The molecule has 0 aliphatic heterocycles. The third-order valence-electron chi connectivity index (χ3n) is 4.46. The second kappa shape index (κ2) is 12.1. The summed E-state index contributed by atoms with van der Waals surface area (Å²) in [6.07, 6.45) is 0.0366. The number of benzene rings is 3. The van der Waals surface area contributed by atoms with Gasteiger partial charge < -0.3 is 28.2 Å². The van der Waals surface area contributed by atoms with Gasteiger partial charge >= 0.3 is 37.4 Å². The zero-order valence-corrected chi connectivity index (χ0v) is 21.7. The first-order chi connectivity index (χ1) is 15.3. The van der Waals surface area contributed by atoms with Crippen LogP contribution in [-0.2, 0) is 11.0 Å². The summed E-state index contributed by atoms with van der Waals surface area (Å²) in [5.41, 5.74) is 0.934.